The maximum Gasteiger partial charge on any atom is 0.243 e. The zero-order valence-electron chi connectivity index (χ0n) is 8.92. The monoisotopic (exact) mass is 219 g/mol. The summed E-state index contributed by atoms with van der Waals surface area (Å²) in [4.78, 5) is 4.18. The Labute approximate surface area is 92.9 Å². The fourth-order valence-electron chi connectivity index (χ4n) is 1.32. The number of hydrogen-bond acceptors (Lipinski definition) is 5. The van der Waals surface area contributed by atoms with E-state index >= 15 is 0 Å². The number of aromatic nitrogens is 2. The first-order valence-corrected chi connectivity index (χ1v) is 5.09. The molecule has 1 aromatic heterocycles. The summed E-state index contributed by atoms with van der Waals surface area (Å²) in [6.45, 7) is 1.95. The Hall–Kier alpha value is -1.88. The Morgan fingerprint density at radius 1 is 1.50 bits per heavy atom. The molecule has 0 radical (unpaired) electrons. The van der Waals surface area contributed by atoms with Gasteiger partial charge in [-0.05, 0) is 18.6 Å². The van der Waals surface area contributed by atoms with E-state index in [1.807, 2.05) is 6.92 Å². The molecule has 2 aromatic rings. The van der Waals surface area contributed by atoms with Crippen molar-refractivity contribution in [2.45, 2.75) is 19.4 Å². The van der Waals surface area contributed by atoms with Gasteiger partial charge in [0.05, 0.1) is 6.04 Å². The van der Waals surface area contributed by atoms with Crippen LogP contribution in [0.4, 0.5) is 0 Å². The van der Waals surface area contributed by atoms with Crippen LogP contribution in [-0.2, 0) is 0 Å². The van der Waals surface area contributed by atoms with Gasteiger partial charge in [0.2, 0.25) is 11.7 Å². The summed E-state index contributed by atoms with van der Waals surface area (Å²) in [5, 5.41) is 13.1. The van der Waals surface area contributed by atoms with Gasteiger partial charge in [0.25, 0.3) is 0 Å². The predicted octanol–water partition coefficient (Wildman–Crippen LogP) is 1.85. The first-order chi connectivity index (χ1) is 7.70. The lowest BCUT2D eigenvalue weighted by Gasteiger charge is -1.99. The molecule has 16 heavy (non-hydrogen) atoms. The summed E-state index contributed by atoms with van der Waals surface area (Å²) < 4.78 is 5.04. The molecule has 1 aromatic carbocycles. The van der Waals surface area contributed by atoms with Crippen LogP contribution in [0.5, 0.6) is 5.75 Å². The maximum absolute atomic E-state index is 9.33. The van der Waals surface area contributed by atoms with E-state index in [1.165, 1.54) is 0 Å². The quantitative estimate of drug-likeness (QED) is 0.822. The summed E-state index contributed by atoms with van der Waals surface area (Å²) in [7, 11) is 0. The molecule has 84 valence electrons. The lowest BCUT2D eigenvalue weighted by Crippen LogP contribution is -2.08. The van der Waals surface area contributed by atoms with E-state index in [2.05, 4.69) is 10.1 Å². The largest absolute Gasteiger partial charge is 0.508 e. The first-order valence-electron chi connectivity index (χ1n) is 5.09. The summed E-state index contributed by atoms with van der Waals surface area (Å²) >= 11 is 0. The fraction of sp³-hybridized carbons (Fsp3) is 0.273. The van der Waals surface area contributed by atoms with Crippen LogP contribution in [0.25, 0.3) is 11.4 Å². The highest BCUT2D eigenvalue weighted by molar-refractivity contribution is 5.56. The molecule has 3 N–H and O–H groups in total. The standard InChI is InChI=1S/C11H13N3O2/c1-2-9(12)11-13-10(14-16-11)7-4-3-5-8(15)6-7/h3-6,9,15H,2,12H2,1H3. The molecular formula is C11H13N3O2. The van der Waals surface area contributed by atoms with Gasteiger partial charge in [0.1, 0.15) is 5.75 Å². The maximum atomic E-state index is 9.33. The van der Waals surface area contributed by atoms with Crippen molar-refractivity contribution in [3.05, 3.63) is 30.2 Å². The number of aromatic hydroxyl groups is 1. The first kappa shape index (κ1) is 10.6. The third-order valence-electron chi connectivity index (χ3n) is 2.30. The molecule has 5 nitrogen and oxygen atoms in total. The van der Waals surface area contributed by atoms with Crippen LogP contribution in [0.2, 0.25) is 0 Å². The SMILES string of the molecule is CCC(N)c1nc(-c2cccc(O)c2)no1. The van der Waals surface area contributed by atoms with Gasteiger partial charge in [-0.1, -0.05) is 24.2 Å². The van der Waals surface area contributed by atoms with Crippen molar-refractivity contribution in [1.82, 2.24) is 10.1 Å². The van der Waals surface area contributed by atoms with Crippen molar-refractivity contribution in [1.29, 1.82) is 0 Å². The van der Waals surface area contributed by atoms with Gasteiger partial charge in [-0.2, -0.15) is 4.98 Å². The number of benzene rings is 1. The molecular weight excluding hydrogens is 206 g/mol. The zero-order valence-corrected chi connectivity index (χ0v) is 8.92. The minimum atomic E-state index is -0.237. The molecule has 1 heterocycles. The van der Waals surface area contributed by atoms with E-state index in [0.29, 0.717) is 17.3 Å². The van der Waals surface area contributed by atoms with Gasteiger partial charge in [0, 0.05) is 5.56 Å². The lowest BCUT2D eigenvalue weighted by molar-refractivity contribution is 0.352. The van der Waals surface area contributed by atoms with E-state index in [4.69, 9.17) is 10.3 Å². The van der Waals surface area contributed by atoms with E-state index < -0.39 is 0 Å². The third kappa shape index (κ3) is 2.04. The molecule has 2 rings (SSSR count). The summed E-state index contributed by atoms with van der Waals surface area (Å²) in [6.07, 6.45) is 0.738. The molecule has 0 spiro atoms. The normalized spacial score (nSPS) is 12.6. The summed E-state index contributed by atoms with van der Waals surface area (Å²) in [5.74, 6) is 1.03. The second-order valence-electron chi connectivity index (χ2n) is 3.52. The Kier molecular flexibility index (Phi) is 2.87. The van der Waals surface area contributed by atoms with E-state index in [-0.39, 0.29) is 11.8 Å². The van der Waals surface area contributed by atoms with Crippen LogP contribution in [0.1, 0.15) is 25.3 Å². The van der Waals surface area contributed by atoms with Crippen LogP contribution in [0.3, 0.4) is 0 Å². The van der Waals surface area contributed by atoms with E-state index in [0.717, 1.165) is 6.42 Å². The van der Waals surface area contributed by atoms with Gasteiger partial charge < -0.3 is 15.4 Å². The molecule has 0 fully saturated rings. The minimum absolute atomic E-state index is 0.170. The van der Waals surface area contributed by atoms with Gasteiger partial charge in [-0.3, -0.25) is 0 Å². The number of hydrogen-bond donors (Lipinski definition) is 2. The average molecular weight is 219 g/mol. The van der Waals surface area contributed by atoms with Crippen molar-refractivity contribution in [3.63, 3.8) is 0 Å². The minimum Gasteiger partial charge on any atom is -0.508 e. The van der Waals surface area contributed by atoms with Crippen LogP contribution < -0.4 is 5.73 Å². The Balaban J connectivity index is 2.31. The fourth-order valence-corrected chi connectivity index (χ4v) is 1.32. The predicted molar refractivity (Wildman–Crippen MR) is 58.6 cm³/mol. The highest BCUT2D eigenvalue weighted by Gasteiger charge is 2.13. The van der Waals surface area contributed by atoms with E-state index in [1.54, 1.807) is 24.3 Å². The van der Waals surface area contributed by atoms with Crippen LogP contribution in [0, 0.1) is 0 Å². The Bertz CT molecular complexity index is 482. The smallest absolute Gasteiger partial charge is 0.243 e. The highest BCUT2D eigenvalue weighted by Crippen LogP contribution is 2.22. The van der Waals surface area contributed by atoms with Gasteiger partial charge in [-0.25, -0.2) is 0 Å². The second kappa shape index (κ2) is 4.32. The van der Waals surface area contributed by atoms with Crippen molar-refractivity contribution in [2.75, 3.05) is 0 Å². The number of nitrogens with zero attached hydrogens (tertiary/aromatic N) is 2. The molecule has 0 aliphatic heterocycles. The van der Waals surface area contributed by atoms with Crippen molar-refractivity contribution >= 4 is 0 Å². The third-order valence-corrected chi connectivity index (χ3v) is 2.30. The molecule has 0 amide bonds. The molecule has 0 aliphatic carbocycles. The topological polar surface area (TPSA) is 85.2 Å². The van der Waals surface area contributed by atoms with Gasteiger partial charge in [-0.15, -0.1) is 0 Å². The van der Waals surface area contributed by atoms with Crippen molar-refractivity contribution < 1.29 is 9.63 Å². The zero-order chi connectivity index (χ0) is 11.5. The second-order valence-corrected chi connectivity index (χ2v) is 3.52. The van der Waals surface area contributed by atoms with Crippen LogP contribution >= 0.6 is 0 Å². The van der Waals surface area contributed by atoms with Gasteiger partial charge >= 0.3 is 0 Å². The number of rotatable bonds is 3. The van der Waals surface area contributed by atoms with E-state index in [9.17, 15) is 5.11 Å². The molecule has 0 saturated heterocycles. The van der Waals surface area contributed by atoms with Crippen LogP contribution in [-0.4, -0.2) is 15.2 Å². The van der Waals surface area contributed by atoms with Crippen LogP contribution in [0.15, 0.2) is 28.8 Å². The molecule has 1 atom stereocenters. The molecule has 5 heteroatoms. The lowest BCUT2D eigenvalue weighted by atomic mass is 10.2. The molecule has 0 bridgehead atoms. The number of nitrogens with two attached hydrogens (primary N) is 1. The Morgan fingerprint density at radius 2 is 2.31 bits per heavy atom. The van der Waals surface area contributed by atoms with Crippen molar-refractivity contribution in [2.24, 2.45) is 5.73 Å². The highest BCUT2D eigenvalue weighted by atomic mass is 16.5. The number of phenolic OH excluding ortho intramolecular Hbond substituents is 1. The average Bonchev–Trinajstić information content (AvgIpc) is 2.77. The van der Waals surface area contributed by atoms with Gasteiger partial charge in [0.15, 0.2) is 0 Å². The van der Waals surface area contributed by atoms with Crippen molar-refractivity contribution in [3.8, 4) is 17.1 Å². The Morgan fingerprint density at radius 3 is 3.00 bits per heavy atom. The molecule has 0 saturated carbocycles. The molecule has 1 unspecified atom stereocenters. The number of phenols is 1. The summed E-state index contributed by atoms with van der Waals surface area (Å²) in [6, 6.07) is 6.44. The summed E-state index contributed by atoms with van der Waals surface area (Å²) in [5.41, 5.74) is 6.48. The molecule has 0 aliphatic rings.